The van der Waals surface area contributed by atoms with Crippen molar-refractivity contribution in [1.29, 1.82) is 0 Å². The molecule has 0 saturated heterocycles. The summed E-state index contributed by atoms with van der Waals surface area (Å²) in [5, 5.41) is 0.713. The maximum atomic E-state index is 14.0. The maximum Gasteiger partial charge on any atom is 0.232 e. The summed E-state index contributed by atoms with van der Waals surface area (Å²) >= 11 is 1.41. The smallest absolute Gasteiger partial charge is 0.232 e. The third kappa shape index (κ3) is 2.70. The molecule has 0 spiro atoms. The summed E-state index contributed by atoms with van der Waals surface area (Å²) in [6, 6.07) is 6.78. The molecule has 0 fully saturated rings. The molecule has 0 bridgehead atoms. The van der Waals surface area contributed by atoms with Gasteiger partial charge in [0.1, 0.15) is 11.1 Å². The van der Waals surface area contributed by atoms with Crippen molar-refractivity contribution in [3.05, 3.63) is 41.8 Å². The SMILES string of the molecule is C#COc1cc2sc(-c3cc(C)cc4nc(OC)cnc34)nc2cc1F. The van der Waals surface area contributed by atoms with E-state index in [-0.39, 0.29) is 5.75 Å². The number of fused-ring (bicyclic) bond motifs is 2. The highest BCUT2D eigenvalue weighted by Crippen LogP contribution is 2.36. The Balaban J connectivity index is 1.93. The van der Waals surface area contributed by atoms with Crippen LogP contribution >= 0.6 is 11.3 Å². The number of thiazole rings is 1. The van der Waals surface area contributed by atoms with Crippen LogP contribution in [-0.2, 0) is 0 Å². The summed E-state index contributed by atoms with van der Waals surface area (Å²) in [4.78, 5) is 13.4. The van der Waals surface area contributed by atoms with Crippen molar-refractivity contribution in [1.82, 2.24) is 15.0 Å². The summed E-state index contributed by atoms with van der Waals surface area (Å²) < 4.78 is 24.8. The van der Waals surface area contributed by atoms with Gasteiger partial charge in [0, 0.05) is 17.7 Å². The molecule has 0 aliphatic carbocycles. The van der Waals surface area contributed by atoms with Crippen molar-refractivity contribution in [2.24, 2.45) is 0 Å². The lowest BCUT2D eigenvalue weighted by atomic mass is 10.1. The molecule has 7 heteroatoms. The number of hydrogen-bond acceptors (Lipinski definition) is 6. The summed E-state index contributed by atoms with van der Waals surface area (Å²) in [5.41, 5.74) is 3.79. The van der Waals surface area contributed by atoms with Gasteiger partial charge < -0.3 is 9.47 Å². The molecule has 0 amide bonds. The van der Waals surface area contributed by atoms with E-state index >= 15 is 0 Å². The Kier molecular flexibility index (Phi) is 3.90. The second-order valence-electron chi connectivity index (χ2n) is 5.58. The van der Waals surface area contributed by atoms with E-state index in [1.165, 1.54) is 17.4 Å². The monoisotopic (exact) mass is 365 g/mol. The van der Waals surface area contributed by atoms with Crippen molar-refractivity contribution < 1.29 is 13.9 Å². The van der Waals surface area contributed by atoms with Gasteiger partial charge in [-0.15, -0.1) is 11.3 Å². The highest BCUT2D eigenvalue weighted by molar-refractivity contribution is 7.21. The molecule has 2 heterocycles. The van der Waals surface area contributed by atoms with Crippen LogP contribution < -0.4 is 9.47 Å². The molecule has 0 radical (unpaired) electrons. The van der Waals surface area contributed by atoms with Crippen molar-refractivity contribution in [3.8, 4) is 34.7 Å². The van der Waals surface area contributed by atoms with E-state index in [2.05, 4.69) is 15.0 Å². The standard InChI is InChI=1S/C19H12FN3O2S/c1-4-25-15-8-16-13(7-12(15)20)23-19(26-16)11-5-10(2)6-14-18(11)21-9-17(22-14)24-3/h1,5-9H,2-3H3. The third-order valence-electron chi connectivity index (χ3n) is 3.82. The van der Waals surface area contributed by atoms with Gasteiger partial charge in [-0.05, 0) is 24.6 Å². The van der Waals surface area contributed by atoms with Gasteiger partial charge in [0.15, 0.2) is 11.6 Å². The minimum atomic E-state index is -0.550. The molecule has 5 nitrogen and oxygen atoms in total. The van der Waals surface area contributed by atoms with Crippen molar-refractivity contribution in [2.45, 2.75) is 6.92 Å². The zero-order valence-electron chi connectivity index (χ0n) is 13.9. The lowest BCUT2D eigenvalue weighted by molar-refractivity contribution is 0.397. The quantitative estimate of drug-likeness (QED) is 0.506. The predicted octanol–water partition coefficient (Wildman–Crippen LogP) is 4.33. The fourth-order valence-corrected chi connectivity index (χ4v) is 3.69. The van der Waals surface area contributed by atoms with Crippen LogP contribution in [0.15, 0.2) is 30.5 Å². The number of terminal acetylenes is 1. The molecule has 128 valence electrons. The summed E-state index contributed by atoms with van der Waals surface area (Å²) in [7, 11) is 1.55. The Bertz CT molecular complexity index is 1200. The van der Waals surface area contributed by atoms with Gasteiger partial charge >= 0.3 is 0 Å². The number of nitrogens with zero attached hydrogens (tertiary/aromatic N) is 3. The number of ether oxygens (including phenoxy) is 2. The predicted molar refractivity (Wildman–Crippen MR) is 98.9 cm³/mol. The Labute approximate surface area is 152 Å². The molecule has 2 aromatic carbocycles. The number of benzene rings is 2. The normalized spacial score (nSPS) is 10.8. The average Bonchev–Trinajstić information content (AvgIpc) is 3.03. The number of aromatic nitrogens is 3. The number of aryl methyl sites for hydroxylation is 1. The maximum absolute atomic E-state index is 14.0. The number of hydrogen-bond donors (Lipinski definition) is 0. The molecular formula is C19H12FN3O2S. The fourth-order valence-electron chi connectivity index (χ4n) is 2.70. The van der Waals surface area contributed by atoms with E-state index in [1.54, 1.807) is 19.4 Å². The molecule has 4 rings (SSSR count). The largest absolute Gasteiger partial charge is 0.480 e. The van der Waals surface area contributed by atoms with Crippen LogP contribution in [-0.4, -0.2) is 22.1 Å². The lowest BCUT2D eigenvalue weighted by Gasteiger charge is -2.06. The van der Waals surface area contributed by atoms with Crippen LogP contribution in [0.4, 0.5) is 4.39 Å². The highest BCUT2D eigenvalue weighted by atomic mass is 32.1. The molecule has 4 aromatic rings. The van der Waals surface area contributed by atoms with E-state index in [4.69, 9.17) is 15.9 Å². The van der Waals surface area contributed by atoms with Crippen LogP contribution in [0, 0.1) is 25.3 Å². The van der Waals surface area contributed by atoms with E-state index in [0.29, 0.717) is 27.4 Å². The third-order valence-corrected chi connectivity index (χ3v) is 4.87. The first kappa shape index (κ1) is 16.2. The van der Waals surface area contributed by atoms with Gasteiger partial charge in [-0.2, -0.15) is 0 Å². The minimum Gasteiger partial charge on any atom is -0.480 e. The average molecular weight is 365 g/mol. The van der Waals surface area contributed by atoms with E-state index in [9.17, 15) is 4.39 Å². The van der Waals surface area contributed by atoms with Crippen molar-refractivity contribution in [2.75, 3.05) is 7.11 Å². The highest BCUT2D eigenvalue weighted by Gasteiger charge is 2.15. The van der Waals surface area contributed by atoms with Gasteiger partial charge in [0.25, 0.3) is 0 Å². The Morgan fingerprint density at radius 3 is 2.77 bits per heavy atom. The Hall–Kier alpha value is -3.24. The molecule has 0 aliphatic rings. The van der Waals surface area contributed by atoms with Gasteiger partial charge in [-0.1, -0.05) is 6.42 Å². The van der Waals surface area contributed by atoms with Crippen molar-refractivity contribution in [3.63, 3.8) is 0 Å². The van der Waals surface area contributed by atoms with Crippen LogP contribution in [0.1, 0.15) is 5.56 Å². The molecule has 0 N–H and O–H groups in total. The van der Waals surface area contributed by atoms with Crippen LogP contribution in [0.25, 0.3) is 31.8 Å². The fraction of sp³-hybridized carbons (Fsp3) is 0.105. The zero-order chi connectivity index (χ0) is 18.3. The Morgan fingerprint density at radius 2 is 2.00 bits per heavy atom. The van der Waals surface area contributed by atoms with E-state index < -0.39 is 5.82 Å². The number of methoxy groups -OCH3 is 1. The first-order valence-electron chi connectivity index (χ1n) is 7.63. The zero-order valence-corrected chi connectivity index (χ0v) is 14.7. The number of rotatable bonds is 3. The Morgan fingerprint density at radius 1 is 1.15 bits per heavy atom. The molecule has 0 aliphatic heterocycles. The van der Waals surface area contributed by atoms with Gasteiger partial charge in [-0.25, -0.2) is 19.3 Å². The van der Waals surface area contributed by atoms with Crippen molar-refractivity contribution >= 4 is 32.6 Å². The van der Waals surface area contributed by atoms with Crippen LogP contribution in [0.3, 0.4) is 0 Å². The summed E-state index contributed by atoms with van der Waals surface area (Å²) in [6.45, 7) is 1.97. The first-order chi connectivity index (χ1) is 12.6. The molecule has 0 unspecified atom stereocenters. The summed E-state index contributed by atoms with van der Waals surface area (Å²) in [6.07, 6.45) is 8.64. The first-order valence-corrected chi connectivity index (χ1v) is 8.45. The van der Waals surface area contributed by atoms with Gasteiger partial charge in [0.2, 0.25) is 5.88 Å². The van der Waals surface area contributed by atoms with Gasteiger partial charge in [-0.3, -0.25) is 0 Å². The van der Waals surface area contributed by atoms with Gasteiger partial charge in [0.05, 0.1) is 34.6 Å². The topological polar surface area (TPSA) is 57.1 Å². The second kappa shape index (κ2) is 6.24. The van der Waals surface area contributed by atoms with E-state index in [1.807, 2.05) is 25.2 Å². The molecular weight excluding hydrogens is 353 g/mol. The molecule has 0 atom stereocenters. The van der Waals surface area contributed by atoms with E-state index in [0.717, 1.165) is 15.8 Å². The molecule has 0 saturated carbocycles. The second-order valence-corrected chi connectivity index (χ2v) is 6.61. The lowest BCUT2D eigenvalue weighted by Crippen LogP contribution is -1.93. The van der Waals surface area contributed by atoms with Crippen LogP contribution in [0.5, 0.6) is 11.6 Å². The molecule has 2 aromatic heterocycles. The summed E-state index contributed by atoms with van der Waals surface area (Å²) in [5.74, 6) is -0.101. The number of halogens is 1. The minimum absolute atomic E-state index is 0.00817. The molecule has 26 heavy (non-hydrogen) atoms. The van der Waals surface area contributed by atoms with Crippen LogP contribution in [0.2, 0.25) is 0 Å².